The first-order chi connectivity index (χ1) is 5.77. The molecule has 0 fully saturated rings. The van der Waals surface area contributed by atoms with Crippen molar-refractivity contribution in [3.05, 3.63) is 28.8 Å². The molecular weight excluding hydrogens is 174 g/mol. The van der Waals surface area contributed by atoms with Crippen LogP contribution in [0.4, 0.5) is 5.69 Å². The van der Waals surface area contributed by atoms with Crippen LogP contribution in [0.1, 0.15) is 18.1 Å². The minimum Gasteiger partial charge on any atom is -0.388 e. The van der Waals surface area contributed by atoms with Gasteiger partial charge in [0.05, 0.1) is 6.10 Å². The molecule has 2 nitrogen and oxygen atoms in total. The maximum Gasteiger partial charge on any atom is 0.0826 e. The van der Waals surface area contributed by atoms with E-state index in [9.17, 15) is 5.11 Å². The van der Waals surface area contributed by atoms with Crippen molar-refractivity contribution in [1.29, 1.82) is 0 Å². The second-order valence-corrected chi connectivity index (χ2v) is 3.40. The molecule has 0 bridgehead atoms. The first kappa shape index (κ1) is 7.90. The van der Waals surface area contributed by atoms with Gasteiger partial charge in [0.2, 0.25) is 0 Å². The Hall–Kier alpha value is -0.730. The lowest BCUT2D eigenvalue weighted by molar-refractivity contribution is 0.168. The maximum atomic E-state index is 9.57. The second-order valence-electron chi connectivity index (χ2n) is 2.96. The molecule has 0 saturated heterocycles. The molecule has 1 aliphatic rings. The van der Waals surface area contributed by atoms with Crippen LogP contribution in [0, 0.1) is 0 Å². The highest BCUT2D eigenvalue weighted by atomic mass is 35.5. The van der Waals surface area contributed by atoms with E-state index in [0.717, 1.165) is 24.2 Å². The number of hydrogen-bond acceptors (Lipinski definition) is 2. The number of nitrogens with one attached hydrogen (secondary N) is 1. The zero-order valence-corrected chi connectivity index (χ0v) is 7.30. The van der Waals surface area contributed by atoms with Crippen LogP contribution in [0.15, 0.2) is 18.2 Å². The fourth-order valence-electron chi connectivity index (χ4n) is 1.47. The molecule has 1 heterocycles. The average Bonchev–Trinajstić information content (AvgIpc) is 2.04. The van der Waals surface area contributed by atoms with Gasteiger partial charge in [0, 0.05) is 22.8 Å². The highest BCUT2D eigenvalue weighted by Gasteiger charge is 2.16. The minimum absolute atomic E-state index is 0.335. The summed E-state index contributed by atoms with van der Waals surface area (Å²) >= 11 is 5.80. The van der Waals surface area contributed by atoms with Gasteiger partial charge in [-0.2, -0.15) is 0 Å². The largest absolute Gasteiger partial charge is 0.388 e. The fraction of sp³-hybridized carbons (Fsp3) is 0.333. The topological polar surface area (TPSA) is 32.3 Å². The van der Waals surface area contributed by atoms with Gasteiger partial charge < -0.3 is 10.4 Å². The quantitative estimate of drug-likeness (QED) is 0.646. The molecule has 0 spiro atoms. The number of hydrogen-bond donors (Lipinski definition) is 2. The summed E-state index contributed by atoms with van der Waals surface area (Å²) in [4.78, 5) is 0. The van der Waals surface area contributed by atoms with E-state index in [2.05, 4.69) is 5.32 Å². The van der Waals surface area contributed by atoms with Crippen molar-refractivity contribution in [3.8, 4) is 0 Å². The lowest BCUT2D eigenvalue weighted by Gasteiger charge is -2.22. The molecule has 2 N–H and O–H groups in total. The number of aliphatic hydroxyl groups excluding tert-OH is 1. The SMILES string of the molecule is OC1CCNc2cc(Cl)ccc21. The van der Waals surface area contributed by atoms with E-state index in [1.807, 2.05) is 12.1 Å². The monoisotopic (exact) mass is 183 g/mol. The zero-order chi connectivity index (χ0) is 8.55. The summed E-state index contributed by atoms with van der Waals surface area (Å²) in [5.41, 5.74) is 1.91. The average molecular weight is 184 g/mol. The molecule has 1 aromatic carbocycles. The van der Waals surface area contributed by atoms with Gasteiger partial charge in [-0.1, -0.05) is 17.7 Å². The van der Waals surface area contributed by atoms with Gasteiger partial charge in [-0.25, -0.2) is 0 Å². The molecule has 0 amide bonds. The van der Waals surface area contributed by atoms with E-state index in [4.69, 9.17) is 11.6 Å². The van der Waals surface area contributed by atoms with Crippen molar-refractivity contribution >= 4 is 17.3 Å². The Morgan fingerprint density at radius 3 is 3.17 bits per heavy atom. The molecule has 1 aliphatic heterocycles. The summed E-state index contributed by atoms with van der Waals surface area (Å²) < 4.78 is 0. The Bertz CT molecular complexity index is 301. The zero-order valence-electron chi connectivity index (χ0n) is 6.55. The molecule has 1 unspecified atom stereocenters. The Morgan fingerprint density at radius 1 is 1.50 bits per heavy atom. The van der Waals surface area contributed by atoms with E-state index in [1.54, 1.807) is 6.07 Å². The number of fused-ring (bicyclic) bond motifs is 1. The molecule has 3 heteroatoms. The standard InChI is InChI=1S/C9H10ClNO/c10-6-1-2-7-8(5-6)11-4-3-9(7)12/h1-2,5,9,11-12H,3-4H2. The number of halogens is 1. The highest BCUT2D eigenvalue weighted by Crippen LogP contribution is 2.31. The number of anilines is 1. The van der Waals surface area contributed by atoms with Gasteiger partial charge in [-0.05, 0) is 18.6 Å². The minimum atomic E-state index is -0.335. The van der Waals surface area contributed by atoms with Crippen molar-refractivity contribution < 1.29 is 5.11 Å². The predicted molar refractivity (Wildman–Crippen MR) is 49.5 cm³/mol. The molecule has 0 radical (unpaired) electrons. The first-order valence-corrected chi connectivity index (χ1v) is 4.36. The predicted octanol–water partition coefficient (Wildman–Crippen LogP) is 2.19. The molecule has 1 atom stereocenters. The molecule has 64 valence electrons. The van der Waals surface area contributed by atoms with Crippen molar-refractivity contribution in [3.63, 3.8) is 0 Å². The molecule has 0 aliphatic carbocycles. The number of benzene rings is 1. The third kappa shape index (κ3) is 1.28. The lowest BCUT2D eigenvalue weighted by atomic mass is 10.0. The summed E-state index contributed by atoms with van der Waals surface area (Å²) in [5, 5.41) is 13.5. The van der Waals surface area contributed by atoms with E-state index in [1.165, 1.54) is 0 Å². The van der Waals surface area contributed by atoms with Crippen LogP contribution < -0.4 is 5.32 Å². The fourth-order valence-corrected chi connectivity index (χ4v) is 1.64. The summed E-state index contributed by atoms with van der Waals surface area (Å²) in [6, 6.07) is 5.52. The van der Waals surface area contributed by atoms with E-state index in [-0.39, 0.29) is 6.10 Å². The summed E-state index contributed by atoms with van der Waals surface area (Å²) in [5.74, 6) is 0. The number of aliphatic hydroxyl groups is 1. The maximum absolute atomic E-state index is 9.57. The van der Waals surface area contributed by atoms with Gasteiger partial charge in [-0.3, -0.25) is 0 Å². The third-order valence-electron chi connectivity index (χ3n) is 2.11. The normalized spacial score (nSPS) is 21.3. The van der Waals surface area contributed by atoms with Crippen LogP contribution in [0.25, 0.3) is 0 Å². The second kappa shape index (κ2) is 2.96. The van der Waals surface area contributed by atoms with Gasteiger partial charge >= 0.3 is 0 Å². The summed E-state index contributed by atoms with van der Waals surface area (Å²) in [6.07, 6.45) is 0.438. The van der Waals surface area contributed by atoms with Crippen LogP contribution in [-0.2, 0) is 0 Å². The van der Waals surface area contributed by atoms with Crippen LogP contribution in [0.3, 0.4) is 0 Å². The molecule has 1 aromatic rings. The van der Waals surface area contributed by atoms with Crippen LogP contribution in [-0.4, -0.2) is 11.7 Å². The summed E-state index contributed by atoms with van der Waals surface area (Å²) in [6.45, 7) is 0.814. The molecule has 12 heavy (non-hydrogen) atoms. The Morgan fingerprint density at radius 2 is 2.33 bits per heavy atom. The lowest BCUT2D eigenvalue weighted by Crippen LogP contribution is -2.16. The molecular formula is C9H10ClNO. The van der Waals surface area contributed by atoms with E-state index >= 15 is 0 Å². The molecule has 2 rings (SSSR count). The first-order valence-electron chi connectivity index (χ1n) is 3.99. The van der Waals surface area contributed by atoms with E-state index in [0.29, 0.717) is 5.02 Å². The highest BCUT2D eigenvalue weighted by molar-refractivity contribution is 6.30. The van der Waals surface area contributed by atoms with Crippen molar-refractivity contribution in [2.75, 3.05) is 11.9 Å². The van der Waals surface area contributed by atoms with Gasteiger partial charge in [0.25, 0.3) is 0 Å². The molecule has 0 aromatic heterocycles. The molecule has 0 saturated carbocycles. The Kier molecular flexibility index (Phi) is 1.95. The number of rotatable bonds is 0. The van der Waals surface area contributed by atoms with E-state index < -0.39 is 0 Å². The summed E-state index contributed by atoms with van der Waals surface area (Å²) in [7, 11) is 0. The Balaban J connectivity index is 2.46. The van der Waals surface area contributed by atoms with Gasteiger partial charge in [-0.15, -0.1) is 0 Å². The van der Waals surface area contributed by atoms with Gasteiger partial charge in [0.15, 0.2) is 0 Å². The van der Waals surface area contributed by atoms with Crippen molar-refractivity contribution in [2.45, 2.75) is 12.5 Å². The third-order valence-corrected chi connectivity index (χ3v) is 2.34. The van der Waals surface area contributed by atoms with Crippen LogP contribution in [0.5, 0.6) is 0 Å². The van der Waals surface area contributed by atoms with Crippen LogP contribution in [0.2, 0.25) is 5.02 Å². The smallest absolute Gasteiger partial charge is 0.0826 e. The van der Waals surface area contributed by atoms with Crippen LogP contribution >= 0.6 is 11.6 Å². The van der Waals surface area contributed by atoms with Crippen molar-refractivity contribution in [1.82, 2.24) is 0 Å². The van der Waals surface area contributed by atoms with Crippen molar-refractivity contribution in [2.24, 2.45) is 0 Å². The Labute approximate surface area is 76.2 Å². The van der Waals surface area contributed by atoms with Gasteiger partial charge in [0.1, 0.15) is 0 Å².